The van der Waals surface area contributed by atoms with E-state index in [1.54, 1.807) is 31.2 Å². The Balaban J connectivity index is 1.86. The van der Waals surface area contributed by atoms with Crippen LogP contribution in [0.4, 0.5) is 4.39 Å². The van der Waals surface area contributed by atoms with Gasteiger partial charge in [0.1, 0.15) is 24.2 Å². The Kier molecular flexibility index (Phi) is 10.2. The van der Waals surface area contributed by atoms with Gasteiger partial charge in [0.2, 0.25) is 5.91 Å². The van der Waals surface area contributed by atoms with Crippen LogP contribution in [-0.4, -0.2) is 64.2 Å². The maximum Gasteiger partial charge on any atom is 0.355 e. The smallest absolute Gasteiger partial charge is 0.355 e. The first-order chi connectivity index (χ1) is 18.0. The van der Waals surface area contributed by atoms with E-state index < -0.39 is 30.3 Å². The Morgan fingerprint density at radius 3 is 2.74 bits per heavy atom. The number of aliphatic hydroxyl groups excluding tert-OH is 1. The molecule has 0 spiro atoms. The zero-order chi connectivity index (χ0) is 27.8. The molecule has 38 heavy (non-hydrogen) atoms. The lowest BCUT2D eigenvalue weighted by Gasteiger charge is -2.27. The fourth-order valence-electron chi connectivity index (χ4n) is 4.41. The van der Waals surface area contributed by atoms with Gasteiger partial charge in [0.05, 0.1) is 12.5 Å². The monoisotopic (exact) mass is 529 g/mol. The van der Waals surface area contributed by atoms with Gasteiger partial charge in [-0.3, -0.25) is 9.59 Å². The number of alkyl halides is 1. The summed E-state index contributed by atoms with van der Waals surface area (Å²) in [6.07, 6.45) is 7.87. The van der Waals surface area contributed by atoms with E-state index in [0.29, 0.717) is 12.0 Å². The van der Waals surface area contributed by atoms with Crippen molar-refractivity contribution in [3.63, 3.8) is 0 Å². The molecule has 1 aromatic heterocycles. The van der Waals surface area contributed by atoms with E-state index in [1.807, 2.05) is 20.8 Å². The van der Waals surface area contributed by atoms with E-state index in [-0.39, 0.29) is 61.0 Å². The van der Waals surface area contributed by atoms with Gasteiger partial charge in [0.25, 0.3) is 5.91 Å². The third-order valence-corrected chi connectivity index (χ3v) is 6.30. The zero-order valence-corrected chi connectivity index (χ0v) is 22.2. The first-order valence-corrected chi connectivity index (χ1v) is 12.9. The van der Waals surface area contributed by atoms with Gasteiger partial charge in [-0.2, -0.15) is 0 Å². The summed E-state index contributed by atoms with van der Waals surface area (Å²) in [5, 5.41) is 13.0. The second-order valence-corrected chi connectivity index (χ2v) is 9.96. The molecule has 1 aromatic rings. The summed E-state index contributed by atoms with van der Waals surface area (Å²) in [6.45, 7) is 7.96. The fraction of sp³-hybridized carbons (Fsp3) is 0.500. The molecule has 9 nitrogen and oxygen atoms in total. The summed E-state index contributed by atoms with van der Waals surface area (Å²) in [4.78, 5) is 43.9. The van der Waals surface area contributed by atoms with Gasteiger partial charge in [-0.15, -0.1) is 0 Å². The van der Waals surface area contributed by atoms with Crippen LogP contribution in [0.1, 0.15) is 56.9 Å². The Labute approximate surface area is 222 Å². The second-order valence-electron chi connectivity index (χ2n) is 9.96. The minimum absolute atomic E-state index is 0.0237. The SMILES string of the molecule is CC1=C[C@@H](O)C[C@@H](F)Cc2nc(co2)C(=O)N2CCC=C2C(=O)O[C@H](C(C)C)[C@H](C)/C=C/C(=O)NCC=C1. The highest BCUT2D eigenvalue weighted by molar-refractivity contribution is 6.00. The highest BCUT2D eigenvalue weighted by atomic mass is 19.1. The van der Waals surface area contributed by atoms with Crippen LogP contribution in [0.3, 0.4) is 0 Å². The number of oxazole rings is 1. The molecule has 206 valence electrons. The second kappa shape index (κ2) is 13.3. The number of aromatic nitrogens is 1. The summed E-state index contributed by atoms with van der Waals surface area (Å²) >= 11 is 0. The van der Waals surface area contributed by atoms with Crippen molar-refractivity contribution >= 4 is 17.8 Å². The molecule has 0 unspecified atom stereocenters. The zero-order valence-electron chi connectivity index (χ0n) is 22.2. The van der Waals surface area contributed by atoms with Crippen molar-refractivity contribution in [3.8, 4) is 0 Å². The van der Waals surface area contributed by atoms with Crippen molar-refractivity contribution in [2.75, 3.05) is 13.1 Å². The number of nitrogens with one attached hydrogen (secondary N) is 1. The van der Waals surface area contributed by atoms with Crippen LogP contribution in [0.15, 0.2) is 58.4 Å². The summed E-state index contributed by atoms with van der Waals surface area (Å²) in [6, 6.07) is 0. The third kappa shape index (κ3) is 7.98. The van der Waals surface area contributed by atoms with Crippen LogP contribution in [0.2, 0.25) is 0 Å². The van der Waals surface area contributed by atoms with Crippen molar-refractivity contribution in [1.29, 1.82) is 0 Å². The van der Waals surface area contributed by atoms with Crippen LogP contribution >= 0.6 is 0 Å². The first kappa shape index (κ1) is 29.0. The number of aliphatic hydroxyl groups is 1. The van der Waals surface area contributed by atoms with Crippen LogP contribution in [0, 0.1) is 11.8 Å². The van der Waals surface area contributed by atoms with Gasteiger partial charge in [-0.25, -0.2) is 14.2 Å². The molecule has 2 bridgehead atoms. The normalized spacial score (nSPS) is 27.3. The molecule has 0 aromatic carbocycles. The van der Waals surface area contributed by atoms with Gasteiger partial charge in [0, 0.05) is 25.4 Å². The number of fused-ring (bicyclic) bond motifs is 3. The largest absolute Gasteiger partial charge is 0.457 e. The third-order valence-electron chi connectivity index (χ3n) is 6.30. The molecule has 0 radical (unpaired) electrons. The number of carbonyl (C=O) groups excluding carboxylic acids is 3. The van der Waals surface area contributed by atoms with Crippen LogP contribution < -0.4 is 5.32 Å². The lowest BCUT2D eigenvalue weighted by atomic mass is 9.94. The highest BCUT2D eigenvalue weighted by Crippen LogP contribution is 2.25. The van der Waals surface area contributed by atoms with Gasteiger partial charge < -0.3 is 24.5 Å². The summed E-state index contributed by atoms with van der Waals surface area (Å²) < 4.78 is 25.7. The Hall–Kier alpha value is -3.53. The standard InChI is InChI=1S/C28H36FN3O6/c1-17(2)26-19(4)9-10-24(34)30-11-5-7-18(3)13-21(33)14-20(29)15-25-31-22(16-37-25)27(35)32-12-6-8-23(32)28(36)38-26/h5,7-10,13,16-17,19-21,26,33H,6,11-12,14-15H2,1-4H3,(H,30,34)/b7-5?,10-9+,18-13?/t19-,20-,21-,26-/m1/s1. The average Bonchev–Trinajstić information content (AvgIpc) is 3.52. The maximum absolute atomic E-state index is 14.6. The van der Waals surface area contributed by atoms with Crippen molar-refractivity contribution in [1.82, 2.24) is 15.2 Å². The van der Waals surface area contributed by atoms with Crippen LogP contribution in [0.25, 0.3) is 0 Å². The number of hydrogen-bond acceptors (Lipinski definition) is 7. The molecule has 2 amide bonds. The Bertz CT molecular complexity index is 1140. The molecule has 2 aliphatic heterocycles. The Morgan fingerprint density at radius 2 is 2.00 bits per heavy atom. The summed E-state index contributed by atoms with van der Waals surface area (Å²) in [5.41, 5.74) is 0.773. The van der Waals surface area contributed by atoms with E-state index in [9.17, 15) is 23.9 Å². The molecule has 10 heteroatoms. The van der Waals surface area contributed by atoms with E-state index in [1.165, 1.54) is 17.1 Å². The predicted molar refractivity (Wildman–Crippen MR) is 138 cm³/mol. The van der Waals surface area contributed by atoms with Gasteiger partial charge >= 0.3 is 5.97 Å². The number of halogens is 1. The number of hydrogen-bond donors (Lipinski definition) is 2. The summed E-state index contributed by atoms with van der Waals surface area (Å²) in [7, 11) is 0. The molecular formula is C28H36FN3O6. The number of esters is 1. The number of amides is 2. The van der Waals surface area contributed by atoms with E-state index in [0.717, 1.165) is 6.26 Å². The van der Waals surface area contributed by atoms with Crippen molar-refractivity contribution < 1.29 is 33.0 Å². The number of allylic oxidation sites excluding steroid dienone is 2. The molecule has 2 N–H and O–H groups in total. The number of ether oxygens (including phenoxy) is 1. The minimum Gasteiger partial charge on any atom is -0.457 e. The van der Waals surface area contributed by atoms with Gasteiger partial charge in [0.15, 0.2) is 11.6 Å². The Morgan fingerprint density at radius 1 is 1.24 bits per heavy atom. The van der Waals surface area contributed by atoms with Gasteiger partial charge in [-0.05, 0) is 25.3 Å². The average molecular weight is 530 g/mol. The number of rotatable bonds is 1. The molecule has 3 rings (SSSR count). The molecule has 0 aliphatic carbocycles. The highest BCUT2D eigenvalue weighted by Gasteiger charge is 2.33. The molecule has 3 heterocycles. The molecule has 0 saturated carbocycles. The lowest BCUT2D eigenvalue weighted by Crippen LogP contribution is -2.36. The number of cyclic esters (lactones) is 1. The van der Waals surface area contributed by atoms with E-state index in [2.05, 4.69) is 10.3 Å². The first-order valence-electron chi connectivity index (χ1n) is 12.9. The van der Waals surface area contributed by atoms with E-state index >= 15 is 0 Å². The van der Waals surface area contributed by atoms with Crippen molar-refractivity contribution in [2.45, 2.75) is 65.3 Å². The number of carbonyl (C=O) groups is 3. The lowest BCUT2D eigenvalue weighted by molar-refractivity contribution is -0.149. The molecule has 2 aliphatic rings. The predicted octanol–water partition coefficient (Wildman–Crippen LogP) is 3.43. The summed E-state index contributed by atoms with van der Waals surface area (Å²) in [5.74, 6) is -1.81. The molecule has 4 atom stereocenters. The van der Waals surface area contributed by atoms with Crippen molar-refractivity contribution in [2.24, 2.45) is 11.8 Å². The molecular weight excluding hydrogens is 493 g/mol. The van der Waals surface area contributed by atoms with Gasteiger partial charge in [-0.1, -0.05) is 56.7 Å². The molecule has 0 fully saturated rings. The minimum atomic E-state index is -1.46. The molecule has 0 saturated heterocycles. The van der Waals surface area contributed by atoms with Crippen LogP contribution in [-0.2, 0) is 20.7 Å². The van der Waals surface area contributed by atoms with E-state index in [4.69, 9.17) is 9.15 Å². The number of nitrogens with zero attached hydrogens (tertiary/aromatic N) is 2. The maximum atomic E-state index is 14.6. The van der Waals surface area contributed by atoms with Crippen molar-refractivity contribution in [3.05, 3.63) is 65.6 Å². The quantitative estimate of drug-likeness (QED) is 0.535. The van der Waals surface area contributed by atoms with Crippen LogP contribution in [0.5, 0.6) is 0 Å². The fourth-order valence-corrected chi connectivity index (χ4v) is 4.41. The topological polar surface area (TPSA) is 122 Å².